The van der Waals surface area contributed by atoms with Gasteiger partial charge in [-0.05, 0) is 40.8 Å². The van der Waals surface area contributed by atoms with Gasteiger partial charge in [0.2, 0.25) is 0 Å². The third-order valence-corrected chi connectivity index (χ3v) is 2.40. The third-order valence-electron chi connectivity index (χ3n) is 1.73. The van der Waals surface area contributed by atoms with Crippen LogP contribution in [0.15, 0.2) is 24.3 Å². The monoisotopic (exact) mass is 271 g/mol. The molecule has 0 saturated heterocycles. The van der Waals surface area contributed by atoms with Gasteiger partial charge in [0.15, 0.2) is 6.29 Å². The van der Waals surface area contributed by atoms with Gasteiger partial charge in [-0.1, -0.05) is 6.07 Å². The van der Waals surface area contributed by atoms with Gasteiger partial charge in [-0.3, -0.25) is 4.79 Å². The Labute approximate surface area is 83.1 Å². The van der Waals surface area contributed by atoms with Crippen LogP contribution in [-0.2, 0) is 0 Å². The normalized spacial score (nSPS) is 10.4. The van der Waals surface area contributed by atoms with Crippen LogP contribution >= 0.6 is 22.6 Å². The second kappa shape index (κ2) is 2.90. The summed E-state index contributed by atoms with van der Waals surface area (Å²) in [5.41, 5.74) is 1.65. The Morgan fingerprint density at radius 1 is 1.33 bits per heavy atom. The fourth-order valence-electron chi connectivity index (χ4n) is 1.19. The molecule has 2 aromatic rings. The lowest BCUT2D eigenvalue weighted by Crippen LogP contribution is -1.75. The molecular formula is C9H6INO. The van der Waals surface area contributed by atoms with Gasteiger partial charge in [-0.25, -0.2) is 0 Å². The highest BCUT2D eigenvalue weighted by molar-refractivity contribution is 14.1. The summed E-state index contributed by atoms with van der Waals surface area (Å²) in [6, 6.07) is 7.88. The second-order valence-electron chi connectivity index (χ2n) is 2.57. The molecule has 0 spiro atoms. The predicted octanol–water partition coefficient (Wildman–Crippen LogP) is 2.58. The van der Waals surface area contributed by atoms with Crippen molar-refractivity contribution in [1.82, 2.24) is 4.98 Å². The van der Waals surface area contributed by atoms with Crippen molar-refractivity contribution in [1.29, 1.82) is 0 Å². The van der Waals surface area contributed by atoms with E-state index in [4.69, 9.17) is 0 Å². The van der Waals surface area contributed by atoms with Gasteiger partial charge in [0.05, 0.1) is 5.69 Å². The summed E-state index contributed by atoms with van der Waals surface area (Å²) in [5, 5.41) is 1.08. The van der Waals surface area contributed by atoms with Gasteiger partial charge < -0.3 is 4.98 Å². The molecule has 2 rings (SSSR count). The van der Waals surface area contributed by atoms with E-state index < -0.39 is 0 Å². The number of fused-ring (bicyclic) bond motifs is 1. The van der Waals surface area contributed by atoms with E-state index in [0.717, 1.165) is 17.2 Å². The number of nitrogens with one attached hydrogen (secondary N) is 1. The maximum Gasteiger partial charge on any atom is 0.166 e. The van der Waals surface area contributed by atoms with Crippen LogP contribution in [0.1, 0.15) is 10.5 Å². The van der Waals surface area contributed by atoms with E-state index in [1.54, 1.807) is 0 Å². The van der Waals surface area contributed by atoms with Crippen molar-refractivity contribution in [2.45, 2.75) is 0 Å². The molecule has 0 aliphatic rings. The van der Waals surface area contributed by atoms with Crippen LogP contribution in [0.4, 0.5) is 0 Å². The van der Waals surface area contributed by atoms with E-state index in [-0.39, 0.29) is 0 Å². The number of carbonyl (C=O) groups is 1. The fourth-order valence-corrected chi connectivity index (χ4v) is 1.68. The molecule has 1 aromatic carbocycles. The molecule has 0 amide bonds. The van der Waals surface area contributed by atoms with Gasteiger partial charge in [0, 0.05) is 14.5 Å². The first-order chi connectivity index (χ1) is 5.79. The highest BCUT2D eigenvalue weighted by atomic mass is 127. The lowest BCUT2D eigenvalue weighted by molar-refractivity contribution is 0.112. The Bertz CT molecular complexity index is 433. The van der Waals surface area contributed by atoms with Crippen molar-refractivity contribution in [3.05, 3.63) is 33.5 Å². The number of aromatic nitrogens is 1. The van der Waals surface area contributed by atoms with E-state index in [2.05, 4.69) is 27.6 Å². The van der Waals surface area contributed by atoms with Crippen LogP contribution in [0.2, 0.25) is 0 Å². The summed E-state index contributed by atoms with van der Waals surface area (Å²) in [4.78, 5) is 13.4. The van der Waals surface area contributed by atoms with E-state index in [9.17, 15) is 4.79 Å². The molecule has 1 heterocycles. The summed E-state index contributed by atoms with van der Waals surface area (Å²) < 4.78 is 1.17. The zero-order chi connectivity index (χ0) is 8.55. The van der Waals surface area contributed by atoms with Gasteiger partial charge >= 0.3 is 0 Å². The Morgan fingerprint density at radius 2 is 2.17 bits per heavy atom. The predicted molar refractivity (Wildman–Crippen MR) is 56.4 cm³/mol. The number of halogens is 1. The molecule has 3 heteroatoms. The average molecular weight is 271 g/mol. The van der Waals surface area contributed by atoms with E-state index in [1.807, 2.05) is 24.3 Å². The molecule has 2 nitrogen and oxygen atoms in total. The van der Waals surface area contributed by atoms with Crippen LogP contribution in [0.5, 0.6) is 0 Å². The SMILES string of the molecule is O=Cc1cc2ccc(I)cc2[nH]1. The Morgan fingerprint density at radius 3 is 2.92 bits per heavy atom. The number of aromatic amines is 1. The highest BCUT2D eigenvalue weighted by Gasteiger charge is 1.98. The molecule has 12 heavy (non-hydrogen) atoms. The molecule has 0 aliphatic carbocycles. The summed E-state index contributed by atoms with van der Waals surface area (Å²) in [6.45, 7) is 0. The smallest absolute Gasteiger partial charge is 0.166 e. The molecular weight excluding hydrogens is 265 g/mol. The summed E-state index contributed by atoms with van der Waals surface area (Å²) in [5.74, 6) is 0. The maximum absolute atomic E-state index is 10.4. The largest absolute Gasteiger partial charge is 0.352 e. The first-order valence-electron chi connectivity index (χ1n) is 3.53. The number of benzene rings is 1. The maximum atomic E-state index is 10.4. The van der Waals surface area contributed by atoms with Gasteiger partial charge in [0.1, 0.15) is 0 Å². The van der Waals surface area contributed by atoms with Crippen LogP contribution < -0.4 is 0 Å². The van der Waals surface area contributed by atoms with E-state index in [1.165, 1.54) is 3.57 Å². The van der Waals surface area contributed by atoms with Gasteiger partial charge in [-0.15, -0.1) is 0 Å². The topological polar surface area (TPSA) is 32.9 Å². The molecule has 0 fully saturated rings. The Balaban J connectivity index is 2.75. The van der Waals surface area contributed by atoms with Crippen molar-refractivity contribution in [2.75, 3.05) is 0 Å². The molecule has 0 saturated carbocycles. The average Bonchev–Trinajstić information content (AvgIpc) is 2.46. The quantitative estimate of drug-likeness (QED) is 0.627. The lowest BCUT2D eigenvalue weighted by Gasteiger charge is -1.89. The minimum absolute atomic E-state index is 0.631. The standard InChI is InChI=1S/C9H6INO/c10-7-2-1-6-3-8(5-12)11-9(6)4-7/h1-5,11H. The Kier molecular flexibility index (Phi) is 1.88. The molecule has 0 aliphatic heterocycles. The van der Waals surface area contributed by atoms with Crippen molar-refractivity contribution >= 4 is 39.8 Å². The molecule has 60 valence electrons. The molecule has 0 bridgehead atoms. The first-order valence-corrected chi connectivity index (χ1v) is 4.61. The fraction of sp³-hybridized carbons (Fsp3) is 0. The summed E-state index contributed by atoms with van der Waals surface area (Å²) in [7, 11) is 0. The van der Waals surface area contributed by atoms with Crippen molar-refractivity contribution < 1.29 is 4.79 Å². The molecule has 1 N–H and O–H groups in total. The van der Waals surface area contributed by atoms with Crippen molar-refractivity contribution in [2.24, 2.45) is 0 Å². The minimum Gasteiger partial charge on any atom is -0.352 e. The van der Waals surface area contributed by atoms with Crippen molar-refractivity contribution in [3.63, 3.8) is 0 Å². The number of rotatable bonds is 1. The van der Waals surface area contributed by atoms with Crippen molar-refractivity contribution in [3.8, 4) is 0 Å². The zero-order valence-corrected chi connectivity index (χ0v) is 8.33. The zero-order valence-electron chi connectivity index (χ0n) is 6.17. The molecule has 0 radical (unpaired) electrons. The van der Waals surface area contributed by atoms with Crippen LogP contribution in [0, 0.1) is 3.57 Å². The number of hydrogen-bond donors (Lipinski definition) is 1. The number of H-pyrrole nitrogens is 1. The molecule has 0 atom stereocenters. The number of hydrogen-bond acceptors (Lipinski definition) is 1. The first kappa shape index (κ1) is 7.79. The molecule has 1 aromatic heterocycles. The minimum atomic E-state index is 0.631. The van der Waals surface area contributed by atoms with Gasteiger partial charge in [0.25, 0.3) is 0 Å². The second-order valence-corrected chi connectivity index (χ2v) is 3.82. The van der Waals surface area contributed by atoms with Crippen LogP contribution in [0.25, 0.3) is 10.9 Å². The number of aldehydes is 1. The third kappa shape index (κ3) is 1.24. The lowest BCUT2D eigenvalue weighted by atomic mass is 10.2. The number of carbonyl (C=O) groups excluding carboxylic acids is 1. The van der Waals surface area contributed by atoms with E-state index in [0.29, 0.717) is 5.69 Å². The van der Waals surface area contributed by atoms with Crippen LogP contribution in [0.3, 0.4) is 0 Å². The Hall–Kier alpha value is -0.840. The summed E-state index contributed by atoms with van der Waals surface area (Å²) in [6.07, 6.45) is 0.826. The molecule has 0 unspecified atom stereocenters. The van der Waals surface area contributed by atoms with Crippen LogP contribution in [-0.4, -0.2) is 11.3 Å². The van der Waals surface area contributed by atoms with E-state index >= 15 is 0 Å². The summed E-state index contributed by atoms with van der Waals surface area (Å²) >= 11 is 2.24. The highest BCUT2D eigenvalue weighted by Crippen LogP contribution is 2.17. The van der Waals surface area contributed by atoms with Gasteiger partial charge in [-0.2, -0.15) is 0 Å².